The molecule has 2 aromatic heterocycles. The summed E-state index contributed by atoms with van der Waals surface area (Å²) in [6.45, 7) is -0.133. The van der Waals surface area contributed by atoms with Gasteiger partial charge in [0.2, 0.25) is 0 Å². The first kappa shape index (κ1) is 16.1. The third kappa shape index (κ3) is 3.75. The molecule has 0 atom stereocenters. The molecule has 0 fully saturated rings. The average Bonchev–Trinajstić information content (AvgIpc) is 3.12. The number of nitrogens with one attached hydrogen (secondary N) is 1. The molecule has 2 heterocycles. The number of ketones is 1. The standard InChI is InChI=1S/C17H14N2O4S/c20-13(14-6-3-9-24-14)7-8-16(21)23-10-15-18-12-5-2-1-4-11(12)17(22)19-15/h1-6,9H,7-8,10H2,(H,18,19,22). The summed E-state index contributed by atoms with van der Waals surface area (Å²) in [5.41, 5.74) is 0.264. The molecule has 122 valence electrons. The fraction of sp³-hybridized carbons (Fsp3) is 0.176. The normalized spacial score (nSPS) is 10.7. The third-order valence-corrected chi connectivity index (χ3v) is 4.29. The summed E-state index contributed by atoms with van der Waals surface area (Å²) in [4.78, 5) is 42.9. The number of carbonyl (C=O) groups excluding carboxylic acids is 2. The van der Waals surface area contributed by atoms with Crippen LogP contribution in [0.4, 0.5) is 0 Å². The number of aromatic amines is 1. The third-order valence-electron chi connectivity index (χ3n) is 3.38. The molecule has 6 nitrogen and oxygen atoms in total. The summed E-state index contributed by atoms with van der Waals surface area (Å²) >= 11 is 1.34. The molecule has 0 saturated carbocycles. The summed E-state index contributed by atoms with van der Waals surface area (Å²) in [7, 11) is 0. The fourth-order valence-electron chi connectivity index (χ4n) is 2.20. The lowest BCUT2D eigenvalue weighted by molar-refractivity contribution is -0.145. The Morgan fingerprint density at radius 3 is 2.75 bits per heavy atom. The first-order valence-corrected chi connectivity index (χ1v) is 8.22. The van der Waals surface area contributed by atoms with E-state index >= 15 is 0 Å². The van der Waals surface area contributed by atoms with Gasteiger partial charge in [-0.05, 0) is 23.6 Å². The minimum atomic E-state index is -0.504. The zero-order valence-electron chi connectivity index (χ0n) is 12.7. The highest BCUT2D eigenvalue weighted by molar-refractivity contribution is 7.12. The number of thiophene rings is 1. The second-order valence-corrected chi connectivity index (χ2v) is 6.04. The van der Waals surface area contributed by atoms with Gasteiger partial charge in [-0.2, -0.15) is 0 Å². The largest absolute Gasteiger partial charge is 0.458 e. The lowest BCUT2D eigenvalue weighted by atomic mass is 10.2. The van der Waals surface area contributed by atoms with Crippen molar-refractivity contribution in [2.45, 2.75) is 19.4 Å². The highest BCUT2D eigenvalue weighted by Gasteiger charge is 2.12. The van der Waals surface area contributed by atoms with Crippen molar-refractivity contribution in [3.05, 3.63) is 62.8 Å². The molecule has 0 unspecified atom stereocenters. The molecule has 0 aliphatic rings. The Balaban J connectivity index is 1.56. The number of benzene rings is 1. The molecule has 1 aromatic carbocycles. The molecular weight excluding hydrogens is 328 g/mol. The monoisotopic (exact) mass is 342 g/mol. The number of fused-ring (bicyclic) bond motifs is 1. The van der Waals surface area contributed by atoms with Gasteiger partial charge >= 0.3 is 5.97 Å². The molecule has 0 radical (unpaired) electrons. The number of Topliss-reactive ketones (excluding diaryl/α,β-unsaturated/α-hetero) is 1. The van der Waals surface area contributed by atoms with Crippen molar-refractivity contribution in [2.75, 3.05) is 0 Å². The van der Waals surface area contributed by atoms with Gasteiger partial charge in [0.1, 0.15) is 12.4 Å². The summed E-state index contributed by atoms with van der Waals surface area (Å²) in [6, 6.07) is 10.4. The van der Waals surface area contributed by atoms with Crippen LogP contribution in [0.1, 0.15) is 28.3 Å². The number of carbonyl (C=O) groups is 2. The minimum absolute atomic E-state index is 0.00541. The van der Waals surface area contributed by atoms with Crippen LogP contribution in [0.15, 0.2) is 46.6 Å². The lowest BCUT2D eigenvalue weighted by Gasteiger charge is -2.05. The van der Waals surface area contributed by atoms with Crippen LogP contribution in [0, 0.1) is 0 Å². The van der Waals surface area contributed by atoms with Crippen molar-refractivity contribution in [2.24, 2.45) is 0 Å². The van der Waals surface area contributed by atoms with E-state index in [9.17, 15) is 14.4 Å². The van der Waals surface area contributed by atoms with Crippen molar-refractivity contribution in [3.8, 4) is 0 Å². The molecule has 0 amide bonds. The minimum Gasteiger partial charge on any atom is -0.458 e. The number of nitrogens with zero attached hydrogens (tertiary/aromatic N) is 1. The maximum atomic E-state index is 11.9. The zero-order valence-corrected chi connectivity index (χ0v) is 13.5. The van der Waals surface area contributed by atoms with Crippen molar-refractivity contribution in [1.82, 2.24) is 9.97 Å². The molecule has 0 bridgehead atoms. The maximum absolute atomic E-state index is 11.9. The maximum Gasteiger partial charge on any atom is 0.306 e. The van der Waals surface area contributed by atoms with Crippen molar-refractivity contribution in [1.29, 1.82) is 0 Å². The second kappa shape index (κ2) is 7.18. The predicted molar refractivity (Wildman–Crippen MR) is 90.0 cm³/mol. The second-order valence-electron chi connectivity index (χ2n) is 5.09. The molecule has 0 aliphatic heterocycles. The highest BCUT2D eigenvalue weighted by Crippen LogP contribution is 2.13. The molecule has 0 aliphatic carbocycles. The predicted octanol–water partition coefficient (Wildman–Crippen LogP) is 2.69. The van der Waals surface area contributed by atoms with Gasteiger partial charge in [0.15, 0.2) is 5.78 Å². The average molecular weight is 342 g/mol. The molecule has 3 rings (SSSR count). The van der Waals surface area contributed by atoms with Crippen LogP contribution in [0.5, 0.6) is 0 Å². The Bertz CT molecular complexity index is 931. The van der Waals surface area contributed by atoms with Gasteiger partial charge in [0.05, 0.1) is 22.2 Å². The Labute approximate surface area is 141 Å². The van der Waals surface area contributed by atoms with E-state index in [-0.39, 0.29) is 36.6 Å². The number of para-hydroxylation sites is 1. The Kier molecular flexibility index (Phi) is 4.81. The summed E-state index contributed by atoms with van der Waals surface area (Å²) < 4.78 is 5.08. The number of ether oxygens (including phenoxy) is 1. The first-order chi connectivity index (χ1) is 11.6. The highest BCUT2D eigenvalue weighted by atomic mass is 32.1. The van der Waals surface area contributed by atoms with Crippen LogP contribution in [-0.4, -0.2) is 21.7 Å². The van der Waals surface area contributed by atoms with E-state index in [0.29, 0.717) is 15.8 Å². The van der Waals surface area contributed by atoms with Crippen LogP contribution in [0.2, 0.25) is 0 Å². The summed E-state index contributed by atoms with van der Waals surface area (Å²) in [5.74, 6) is -0.313. The SMILES string of the molecule is O=C(CCC(=O)c1cccs1)OCc1nc2ccccc2c(=O)[nH]1. The van der Waals surface area contributed by atoms with E-state index in [1.807, 2.05) is 5.38 Å². The number of hydrogen-bond donors (Lipinski definition) is 1. The molecule has 3 aromatic rings. The summed E-state index contributed by atoms with van der Waals surface area (Å²) in [6.07, 6.45) is 0.0928. The van der Waals surface area contributed by atoms with Crippen molar-refractivity contribution in [3.63, 3.8) is 0 Å². The number of hydrogen-bond acceptors (Lipinski definition) is 6. The van der Waals surface area contributed by atoms with Gasteiger partial charge in [0.25, 0.3) is 5.56 Å². The van der Waals surface area contributed by atoms with Gasteiger partial charge in [-0.3, -0.25) is 14.4 Å². The van der Waals surface area contributed by atoms with E-state index in [4.69, 9.17) is 4.74 Å². The van der Waals surface area contributed by atoms with E-state index in [2.05, 4.69) is 9.97 Å². The van der Waals surface area contributed by atoms with Gasteiger partial charge in [-0.1, -0.05) is 18.2 Å². The van der Waals surface area contributed by atoms with Crippen LogP contribution >= 0.6 is 11.3 Å². The number of H-pyrrole nitrogens is 1. The van der Waals surface area contributed by atoms with Crippen molar-refractivity contribution >= 4 is 34.0 Å². The lowest BCUT2D eigenvalue weighted by Crippen LogP contribution is -2.14. The quantitative estimate of drug-likeness (QED) is 0.549. The van der Waals surface area contributed by atoms with Gasteiger partial charge in [-0.25, -0.2) is 4.98 Å². The topological polar surface area (TPSA) is 89.1 Å². The van der Waals surface area contributed by atoms with E-state index in [0.717, 1.165) is 0 Å². The number of rotatable bonds is 6. The first-order valence-electron chi connectivity index (χ1n) is 7.34. The zero-order chi connectivity index (χ0) is 16.9. The van der Waals surface area contributed by atoms with Gasteiger partial charge in [0, 0.05) is 6.42 Å². The van der Waals surface area contributed by atoms with E-state index in [1.54, 1.807) is 36.4 Å². The Morgan fingerprint density at radius 2 is 1.96 bits per heavy atom. The Morgan fingerprint density at radius 1 is 1.12 bits per heavy atom. The molecule has 0 saturated heterocycles. The van der Waals surface area contributed by atoms with Gasteiger partial charge < -0.3 is 9.72 Å². The van der Waals surface area contributed by atoms with Crippen LogP contribution < -0.4 is 5.56 Å². The summed E-state index contributed by atoms with van der Waals surface area (Å²) in [5, 5.41) is 2.29. The number of aromatic nitrogens is 2. The molecule has 0 spiro atoms. The van der Waals surface area contributed by atoms with Crippen LogP contribution in [0.25, 0.3) is 10.9 Å². The number of esters is 1. The molecule has 7 heteroatoms. The Hall–Kier alpha value is -2.80. The van der Waals surface area contributed by atoms with Crippen molar-refractivity contribution < 1.29 is 14.3 Å². The molecule has 24 heavy (non-hydrogen) atoms. The van der Waals surface area contributed by atoms with Crippen LogP contribution in [0.3, 0.4) is 0 Å². The molecule has 1 N–H and O–H groups in total. The van der Waals surface area contributed by atoms with E-state index < -0.39 is 5.97 Å². The fourth-order valence-corrected chi connectivity index (χ4v) is 2.89. The van der Waals surface area contributed by atoms with E-state index in [1.165, 1.54) is 11.3 Å². The van der Waals surface area contributed by atoms with Crippen LogP contribution in [-0.2, 0) is 16.1 Å². The smallest absolute Gasteiger partial charge is 0.306 e. The molecular formula is C17H14N2O4S. The van der Waals surface area contributed by atoms with Gasteiger partial charge in [-0.15, -0.1) is 11.3 Å².